The van der Waals surface area contributed by atoms with Crippen molar-refractivity contribution in [1.29, 1.82) is 0 Å². The molecule has 0 aliphatic heterocycles. The van der Waals surface area contributed by atoms with E-state index in [0.717, 1.165) is 0 Å². The zero-order valence-corrected chi connectivity index (χ0v) is 6.73. The average Bonchev–Trinajstić information content (AvgIpc) is 2.12. The second-order valence-corrected chi connectivity index (χ2v) is 2.74. The number of hydrogen-bond donors (Lipinski definition) is 3. The van der Waals surface area contributed by atoms with Gasteiger partial charge in [-0.3, -0.25) is 0 Å². The molecule has 2 aromatic rings. The summed E-state index contributed by atoms with van der Waals surface area (Å²) < 4.78 is 0. The Morgan fingerprint density at radius 1 is 1.08 bits per heavy atom. The highest BCUT2D eigenvalue weighted by Crippen LogP contribution is 2.32. The normalized spacial score (nSPS) is 10.5. The Kier molecular flexibility index (Phi) is 1.48. The Morgan fingerprint density at radius 3 is 2.62 bits per heavy atom. The van der Waals surface area contributed by atoms with E-state index in [1.807, 2.05) is 0 Å². The molecule has 0 atom stereocenters. The molecule has 1 heterocycles. The molecule has 0 amide bonds. The van der Waals surface area contributed by atoms with Crippen LogP contribution in [0.5, 0.6) is 11.5 Å². The highest BCUT2D eigenvalue weighted by atomic mass is 16.3. The number of fused-ring (bicyclic) bond motifs is 1. The quantitative estimate of drug-likeness (QED) is 0.527. The summed E-state index contributed by atoms with van der Waals surface area (Å²) in [7, 11) is 0. The predicted octanol–water partition coefficient (Wildman–Crippen LogP) is 1.23. The van der Waals surface area contributed by atoms with Crippen LogP contribution in [0.15, 0.2) is 24.3 Å². The van der Waals surface area contributed by atoms with E-state index in [4.69, 9.17) is 5.73 Å². The number of benzene rings is 1. The lowest BCUT2D eigenvalue weighted by atomic mass is 10.2. The Labute approximate surface area is 74.3 Å². The molecular weight excluding hydrogens is 168 g/mol. The maximum Gasteiger partial charge on any atom is 0.167 e. The average molecular weight is 176 g/mol. The van der Waals surface area contributed by atoms with E-state index in [9.17, 15) is 10.2 Å². The van der Waals surface area contributed by atoms with Crippen LogP contribution in [0.25, 0.3) is 10.9 Å². The molecule has 0 fully saturated rings. The highest BCUT2D eigenvalue weighted by molar-refractivity contribution is 5.88. The third-order valence-corrected chi connectivity index (χ3v) is 1.84. The van der Waals surface area contributed by atoms with Gasteiger partial charge in [-0.2, -0.15) is 0 Å². The minimum absolute atomic E-state index is 0.154. The van der Waals surface area contributed by atoms with Crippen LogP contribution in [0.3, 0.4) is 0 Å². The molecule has 0 aliphatic carbocycles. The van der Waals surface area contributed by atoms with Gasteiger partial charge in [0.2, 0.25) is 0 Å². The lowest BCUT2D eigenvalue weighted by molar-refractivity contribution is 0.408. The number of rotatable bonds is 0. The number of nitrogen functional groups attached to an aromatic ring is 1. The minimum atomic E-state index is -0.162. The van der Waals surface area contributed by atoms with Crippen molar-refractivity contribution in [1.82, 2.24) is 4.98 Å². The molecule has 0 saturated carbocycles. The van der Waals surface area contributed by atoms with Gasteiger partial charge in [0.1, 0.15) is 5.82 Å². The van der Waals surface area contributed by atoms with Gasteiger partial charge in [0.15, 0.2) is 11.5 Å². The van der Waals surface area contributed by atoms with Gasteiger partial charge in [-0.1, -0.05) is 0 Å². The molecule has 1 aromatic heterocycles. The van der Waals surface area contributed by atoms with Crippen LogP contribution in [-0.2, 0) is 0 Å². The smallest absolute Gasteiger partial charge is 0.167 e. The Morgan fingerprint density at radius 2 is 1.85 bits per heavy atom. The van der Waals surface area contributed by atoms with E-state index in [1.54, 1.807) is 18.2 Å². The fraction of sp³-hybridized carbons (Fsp3) is 0. The molecule has 0 saturated heterocycles. The van der Waals surface area contributed by atoms with E-state index in [2.05, 4.69) is 4.98 Å². The first kappa shape index (κ1) is 7.67. The number of aromatic nitrogens is 1. The number of anilines is 1. The van der Waals surface area contributed by atoms with Gasteiger partial charge in [-0.05, 0) is 24.3 Å². The van der Waals surface area contributed by atoms with Gasteiger partial charge >= 0.3 is 0 Å². The Bertz CT molecular complexity index is 468. The molecule has 2 rings (SSSR count). The predicted molar refractivity (Wildman–Crippen MR) is 49.5 cm³/mol. The van der Waals surface area contributed by atoms with Gasteiger partial charge in [0.05, 0.1) is 5.52 Å². The van der Waals surface area contributed by atoms with Crippen molar-refractivity contribution < 1.29 is 10.2 Å². The number of nitrogens with zero attached hydrogens (tertiary/aromatic N) is 1. The van der Waals surface area contributed by atoms with E-state index < -0.39 is 0 Å². The lowest BCUT2D eigenvalue weighted by Crippen LogP contribution is -1.89. The van der Waals surface area contributed by atoms with Crippen LogP contribution in [0, 0.1) is 0 Å². The number of nitrogens with two attached hydrogens (primary N) is 1. The molecule has 0 unspecified atom stereocenters. The summed E-state index contributed by atoms with van der Waals surface area (Å²) in [5.41, 5.74) is 6.02. The largest absolute Gasteiger partial charge is 0.504 e. The van der Waals surface area contributed by atoms with Crippen LogP contribution >= 0.6 is 0 Å². The van der Waals surface area contributed by atoms with Crippen molar-refractivity contribution >= 4 is 16.7 Å². The highest BCUT2D eigenvalue weighted by Gasteiger charge is 2.05. The van der Waals surface area contributed by atoms with Crippen molar-refractivity contribution in [3.63, 3.8) is 0 Å². The zero-order valence-electron chi connectivity index (χ0n) is 6.73. The van der Waals surface area contributed by atoms with Crippen molar-refractivity contribution in [2.24, 2.45) is 0 Å². The van der Waals surface area contributed by atoms with Crippen LogP contribution in [0.4, 0.5) is 5.82 Å². The maximum atomic E-state index is 9.42. The summed E-state index contributed by atoms with van der Waals surface area (Å²) in [6.07, 6.45) is 0. The number of phenolic OH excluding ortho intramolecular Hbond substituents is 2. The van der Waals surface area contributed by atoms with E-state index in [-0.39, 0.29) is 11.5 Å². The molecule has 4 heteroatoms. The first-order valence-electron chi connectivity index (χ1n) is 3.75. The van der Waals surface area contributed by atoms with Crippen LogP contribution in [0.1, 0.15) is 0 Å². The number of pyridine rings is 1. The molecule has 0 aliphatic rings. The fourth-order valence-electron chi connectivity index (χ4n) is 1.19. The second-order valence-electron chi connectivity index (χ2n) is 2.74. The molecule has 13 heavy (non-hydrogen) atoms. The van der Waals surface area contributed by atoms with E-state index in [1.165, 1.54) is 6.07 Å². The fourth-order valence-corrected chi connectivity index (χ4v) is 1.19. The van der Waals surface area contributed by atoms with Gasteiger partial charge < -0.3 is 15.9 Å². The van der Waals surface area contributed by atoms with Crippen LogP contribution < -0.4 is 5.73 Å². The topological polar surface area (TPSA) is 79.4 Å². The summed E-state index contributed by atoms with van der Waals surface area (Å²) in [6.45, 7) is 0. The lowest BCUT2D eigenvalue weighted by Gasteiger charge is -2.02. The van der Waals surface area contributed by atoms with Gasteiger partial charge in [-0.25, -0.2) is 4.98 Å². The van der Waals surface area contributed by atoms with Gasteiger partial charge in [-0.15, -0.1) is 0 Å². The molecule has 4 nitrogen and oxygen atoms in total. The Balaban J connectivity index is 2.87. The zero-order chi connectivity index (χ0) is 9.42. The second kappa shape index (κ2) is 2.52. The third-order valence-electron chi connectivity index (χ3n) is 1.84. The van der Waals surface area contributed by atoms with Crippen molar-refractivity contribution in [2.75, 3.05) is 5.73 Å². The molecule has 0 radical (unpaired) electrons. The molecular formula is C9H8N2O2. The SMILES string of the molecule is Nc1ccc2c(O)c(O)ccc2n1. The molecule has 4 N–H and O–H groups in total. The van der Waals surface area contributed by atoms with Crippen LogP contribution in [-0.4, -0.2) is 15.2 Å². The standard InChI is InChI=1S/C9H8N2O2/c10-8-4-1-5-6(11-8)2-3-7(12)9(5)13/h1-4,12-13H,(H2,10,11). The first-order chi connectivity index (χ1) is 6.18. The number of aromatic hydroxyl groups is 2. The van der Waals surface area contributed by atoms with Crippen LogP contribution in [0.2, 0.25) is 0 Å². The molecule has 66 valence electrons. The molecule has 1 aromatic carbocycles. The summed E-state index contributed by atoms with van der Waals surface area (Å²) in [5.74, 6) is 0.0710. The molecule has 0 spiro atoms. The monoisotopic (exact) mass is 176 g/mol. The summed E-state index contributed by atoms with van der Waals surface area (Å²) >= 11 is 0. The number of hydrogen-bond acceptors (Lipinski definition) is 4. The van der Waals surface area contributed by atoms with E-state index in [0.29, 0.717) is 16.7 Å². The number of phenols is 2. The van der Waals surface area contributed by atoms with Crippen molar-refractivity contribution in [3.8, 4) is 11.5 Å². The van der Waals surface area contributed by atoms with Crippen molar-refractivity contribution in [2.45, 2.75) is 0 Å². The third kappa shape index (κ3) is 1.12. The summed E-state index contributed by atoms with van der Waals surface area (Å²) in [5, 5.41) is 19.1. The Hall–Kier alpha value is -1.97. The minimum Gasteiger partial charge on any atom is -0.504 e. The van der Waals surface area contributed by atoms with Gasteiger partial charge in [0, 0.05) is 5.39 Å². The first-order valence-corrected chi connectivity index (χ1v) is 3.75. The molecule has 0 bridgehead atoms. The van der Waals surface area contributed by atoms with Crippen molar-refractivity contribution in [3.05, 3.63) is 24.3 Å². The summed E-state index contributed by atoms with van der Waals surface area (Å²) in [4.78, 5) is 3.98. The van der Waals surface area contributed by atoms with E-state index >= 15 is 0 Å². The summed E-state index contributed by atoms with van der Waals surface area (Å²) in [6, 6.07) is 6.17. The maximum absolute atomic E-state index is 9.42. The van der Waals surface area contributed by atoms with Gasteiger partial charge in [0.25, 0.3) is 0 Å².